The van der Waals surface area contributed by atoms with E-state index >= 15 is 0 Å². The predicted octanol–water partition coefficient (Wildman–Crippen LogP) is 2.37. The zero-order valence-electron chi connectivity index (χ0n) is 8.45. The standard InChI is InChI=1S/C10H16N2OS/c1-13-6-4-10(2-3-10)8-12-9-11-5-7-14-9/h5,7H,2-4,6,8H2,1H3,(H,11,12). The van der Waals surface area contributed by atoms with Crippen LogP contribution in [-0.4, -0.2) is 25.2 Å². The smallest absolute Gasteiger partial charge is 0.182 e. The minimum Gasteiger partial charge on any atom is -0.385 e. The van der Waals surface area contributed by atoms with E-state index in [1.165, 1.54) is 19.3 Å². The van der Waals surface area contributed by atoms with Crippen LogP contribution in [-0.2, 0) is 4.74 Å². The monoisotopic (exact) mass is 212 g/mol. The van der Waals surface area contributed by atoms with Crippen LogP contribution in [0.25, 0.3) is 0 Å². The number of ether oxygens (including phenoxy) is 1. The second-order valence-electron chi connectivity index (χ2n) is 3.93. The summed E-state index contributed by atoms with van der Waals surface area (Å²) in [6.45, 7) is 1.92. The number of nitrogens with zero attached hydrogens (tertiary/aromatic N) is 1. The number of nitrogens with one attached hydrogen (secondary N) is 1. The molecule has 0 saturated heterocycles. The van der Waals surface area contributed by atoms with Crippen LogP contribution in [0.15, 0.2) is 11.6 Å². The summed E-state index contributed by atoms with van der Waals surface area (Å²) in [5, 5.41) is 6.42. The highest BCUT2D eigenvalue weighted by Crippen LogP contribution is 2.48. The van der Waals surface area contributed by atoms with Crippen molar-refractivity contribution in [2.45, 2.75) is 19.3 Å². The van der Waals surface area contributed by atoms with Gasteiger partial charge in [0.05, 0.1) is 0 Å². The quantitative estimate of drug-likeness (QED) is 0.786. The van der Waals surface area contributed by atoms with E-state index in [4.69, 9.17) is 4.74 Å². The number of hydrogen-bond donors (Lipinski definition) is 1. The Morgan fingerprint density at radius 3 is 3.07 bits per heavy atom. The van der Waals surface area contributed by atoms with Gasteiger partial charge in [-0.1, -0.05) is 0 Å². The van der Waals surface area contributed by atoms with Gasteiger partial charge < -0.3 is 10.1 Å². The topological polar surface area (TPSA) is 34.1 Å². The lowest BCUT2D eigenvalue weighted by atomic mass is 10.0. The van der Waals surface area contributed by atoms with Crippen molar-refractivity contribution in [3.05, 3.63) is 11.6 Å². The number of rotatable bonds is 6. The normalized spacial score (nSPS) is 18.1. The molecule has 3 nitrogen and oxygen atoms in total. The van der Waals surface area contributed by atoms with Crippen molar-refractivity contribution in [3.8, 4) is 0 Å². The summed E-state index contributed by atoms with van der Waals surface area (Å²) in [6, 6.07) is 0. The minimum absolute atomic E-state index is 0.502. The maximum atomic E-state index is 5.11. The lowest BCUT2D eigenvalue weighted by Gasteiger charge is -2.14. The average Bonchev–Trinajstić information content (AvgIpc) is 2.77. The van der Waals surface area contributed by atoms with Gasteiger partial charge in [0.2, 0.25) is 0 Å². The third kappa shape index (κ3) is 2.45. The van der Waals surface area contributed by atoms with Crippen LogP contribution in [0.5, 0.6) is 0 Å². The number of hydrogen-bond acceptors (Lipinski definition) is 4. The molecule has 0 spiro atoms. The van der Waals surface area contributed by atoms with E-state index in [1.807, 2.05) is 11.6 Å². The van der Waals surface area contributed by atoms with Gasteiger partial charge in [0.25, 0.3) is 0 Å². The van der Waals surface area contributed by atoms with E-state index in [-0.39, 0.29) is 0 Å². The van der Waals surface area contributed by atoms with Crippen LogP contribution in [0.2, 0.25) is 0 Å². The fourth-order valence-corrected chi connectivity index (χ4v) is 2.11. The number of thiazole rings is 1. The Morgan fingerprint density at radius 1 is 1.64 bits per heavy atom. The molecule has 0 aromatic carbocycles. The van der Waals surface area contributed by atoms with Crippen molar-refractivity contribution in [2.75, 3.05) is 25.6 Å². The van der Waals surface area contributed by atoms with Gasteiger partial charge in [0.15, 0.2) is 5.13 Å². The Kier molecular flexibility index (Phi) is 3.03. The molecule has 1 N–H and O–H groups in total. The van der Waals surface area contributed by atoms with Crippen LogP contribution in [0.1, 0.15) is 19.3 Å². The molecule has 2 rings (SSSR count). The molecule has 1 aromatic heterocycles. The summed E-state index contributed by atoms with van der Waals surface area (Å²) < 4.78 is 5.11. The van der Waals surface area contributed by atoms with Gasteiger partial charge in [-0.3, -0.25) is 0 Å². The third-order valence-electron chi connectivity index (χ3n) is 2.84. The number of methoxy groups -OCH3 is 1. The molecule has 4 heteroatoms. The Labute approximate surface area is 88.5 Å². The Morgan fingerprint density at radius 2 is 2.50 bits per heavy atom. The van der Waals surface area contributed by atoms with E-state index in [2.05, 4.69) is 10.3 Å². The van der Waals surface area contributed by atoms with Crippen molar-refractivity contribution in [1.82, 2.24) is 4.98 Å². The largest absolute Gasteiger partial charge is 0.385 e. The summed E-state index contributed by atoms with van der Waals surface area (Å²) in [4.78, 5) is 4.20. The Hall–Kier alpha value is -0.610. The molecule has 1 aliphatic carbocycles. The first-order valence-electron chi connectivity index (χ1n) is 4.97. The highest BCUT2D eigenvalue weighted by atomic mass is 32.1. The first-order chi connectivity index (χ1) is 6.85. The molecule has 1 heterocycles. The summed E-state index contributed by atoms with van der Waals surface area (Å²) in [5.41, 5.74) is 0.502. The molecule has 1 saturated carbocycles. The molecular weight excluding hydrogens is 196 g/mol. The van der Waals surface area contributed by atoms with Gasteiger partial charge in [-0.05, 0) is 24.7 Å². The molecule has 0 unspecified atom stereocenters. The molecule has 1 aromatic rings. The van der Waals surface area contributed by atoms with Gasteiger partial charge in [-0.15, -0.1) is 11.3 Å². The summed E-state index contributed by atoms with van der Waals surface area (Å²) in [6.07, 6.45) is 5.66. The van der Waals surface area contributed by atoms with Crippen molar-refractivity contribution in [1.29, 1.82) is 0 Å². The Balaban J connectivity index is 1.75. The fraction of sp³-hybridized carbons (Fsp3) is 0.700. The number of aromatic nitrogens is 1. The average molecular weight is 212 g/mol. The van der Waals surface area contributed by atoms with Gasteiger partial charge in [-0.2, -0.15) is 0 Å². The third-order valence-corrected chi connectivity index (χ3v) is 3.57. The molecule has 78 valence electrons. The molecule has 14 heavy (non-hydrogen) atoms. The summed E-state index contributed by atoms with van der Waals surface area (Å²) >= 11 is 1.66. The lowest BCUT2D eigenvalue weighted by Crippen LogP contribution is -2.17. The van der Waals surface area contributed by atoms with Crippen molar-refractivity contribution in [3.63, 3.8) is 0 Å². The molecule has 1 aliphatic rings. The zero-order valence-corrected chi connectivity index (χ0v) is 9.27. The van der Waals surface area contributed by atoms with Crippen molar-refractivity contribution < 1.29 is 4.74 Å². The number of anilines is 1. The maximum absolute atomic E-state index is 5.11. The first kappa shape index (κ1) is 9.93. The molecule has 0 radical (unpaired) electrons. The van der Waals surface area contributed by atoms with Crippen LogP contribution in [0.3, 0.4) is 0 Å². The van der Waals surface area contributed by atoms with Gasteiger partial charge in [0, 0.05) is 31.8 Å². The predicted molar refractivity (Wildman–Crippen MR) is 58.8 cm³/mol. The van der Waals surface area contributed by atoms with Gasteiger partial charge >= 0.3 is 0 Å². The van der Waals surface area contributed by atoms with E-state index in [1.54, 1.807) is 18.4 Å². The maximum Gasteiger partial charge on any atom is 0.182 e. The first-order valence-corrected chi connectivity index (χ1v) is 5.85. The SMILES string of the molecule is COCCC1(CNc2nccs2)CC1. The fourth-order valence-electron chi connectivity index (χ4n) is 1.58. The molecule has 0 amide bonds. The molecule has 1 fully saturated rings. The summed E-state index contributed by atoms with van der Waals surface area (Å²) in [5.74, 6) is 0. The Bertz CT molecular complexity index is 270. The summed E-state index contributed by atoms with van der Waals surface area (Å²) in [7, 11) is 1.77. The van der Waals surface area contributed by atoms with Crippen LogP contribution in [0.4, 0.5) is 5.13 Å². The highest BCUT2D eigenvalue weighted by Gasteiger charge is 2.41. The molecular formula is C10H16N2OS. The van der Waals surface area contributed by atoms with Gasteiger partial charge in [-0.25, -0.2) is 4.98 Å². The highest BCUT2D eigenvalue weighted by molar-refractivity contribution is 7.13. The minimum atomic E-state index is 0.502. The van der Waals surface area contributed by atoms with Crippen molar-refractivity contribution in [2.24, 2.45) is 5.41 Å². The second kappa shape index (κ2) is 4.28. The zero-order chi connectivity index (χ0) is 9.86. The molecule has 0 aliphatic heterocycles. The molecule has 0 bridgehead atoms. The van der Waals surface area contributed by atoms with Crippen molar-refractivity contribution >= 4 is 16.5 Å². The van der Waals surface area contributed by atoms with E-state index < -0.39 is 0 Å². The van der Waals surface area contributed by atoms with E-state index in [0.29, 0.717) is 5.41 Å². The van der Waals surface area contributed by atoms with Crippen LogP contribution >= 0.6 is 11.3 Å². The van der Waals surface area contributed by atoms with Gasteiger partial charge in [0.1, 0.15) is 0 Å². The van der Waals surface area contributed by atoms with E-state index in [0.717, 1.165) is 18.3 Å². The van der Waals surface area contributed by atoms with Crippen LogP contribution < -0.4 is 5.32 Å². The lowest BCUT2D eigenvalue weighted by molar-refractivity contribution is 0.175. The molecule has 0 atom stereocenters. The second-order valence-corrected chi connectivity index (χ2v) is 4.83. The van der Waals surface area contributed by atoms with E-state index in [9.17, 15) is 0 Å². The van der Waals surface area contributed by atoms with Crippen LogP contribution in [0, 0.1) is 5.41 Å².